The van der Waals surface area contributed by atoms with Crippen molar-refractivity contribution in [3.8, 4) is 34.2 Å². The van der Waals surface area contributed by atoms with Gasteiger partial charge in [0.25, 0.3) is 0 Å². The van der Waals surface area contributed by atoms with Gasteiger partial charge < -0.3 is 39.9 Å². The van der Waals surface area contributed by atoms with Crippen molar-refractivity contribution in [2.75, 3.05) is 39.3 Å². The lowest BCUT2D eigenvalue weighted by molar-refractivity contribution is -0.138. The molecule has 2 aliphatic carbocycles. The largest absolute Gasteiger partial charge is 0.444 e. The van der Waals surface area contributed by atoms with Gasteiger partial charge in [0.2, 0.25) is 17.5 Å². The first-order valence-electron chi connectivity index (χ1n) is 36.0. The number of hydrogen-bond donors (Lipinski definition) is 5. The van der Waals surface area contributed by atoms with Gasteiger partial charge in [-0.2, -0.15) is 54.3 Å². The number of H-pyrrole nitrogens is 1. The number of ether oxygens (including phenoxy) is 2. The van der Waals surface area contributed by atoms with Crippen LogP contribution in [0.4, 0.5) is 49.1 Å². The highest BCUT2D eigenvalue weighted by Crippen LogP contribution is 2.35. The molecule has 3 aliphatic heterocycles. The van der Waals surface area contributed by atoms with E-state index in [1.807, 2.05) is 114 Å². The second-order valence-electron chi connectivity index (χ2n) is 28.9. The van der Waals surface area contributed by atoms with Crippen LogP contribution in [0.15, 0.2) is 146 Å². The Morgan fingerprint density at radius 3 is 1.17 bits per heavy atom. The number of tetrazole rings is 3. The highest BCUT2D eigenvalue weighted by molar-refractivity contribution is 5.69. The van der Waals surface area contributed by atoms with Crippen LogP contribution in [0.2, 0.25) is 0 Å². The van der Waals surface area contributed by atoms with Gasteiger partial charge in [-0.05, 0) is 198 Å². The third-order valence-corrected chi connectivity index (χ3v) is 18.0. The highest BCUT2D eigenvalue weighted by atomic mass is 19.4. The number of aliphatic hydroxyl groups excluding tert-OH is 3. The first kappa shape index (κ1) is 82.3. The number of aliphatic hydroxyl groups is 3. The molecule has 9 aromatic rings. The van der Waals surface area contributed by atoms with E-state index in [2.05, 4.69) is 56.8 Å². The second-order valence-corrected chi connectivity index (χ2v) is 28.9. The number of amides is 2. The maximum atomic E-state index is 12.8. The first-order chi connectivity index (χ1) is 51.2. The lowest BCUT2D eigenvalue weighted by Gasteiger charge is -2.24. The molecule has 22 nitrogen and oxygen atoms in total. The monoisotopic (exact) mass is 1510 g/mol. The minimum absolute atomic E-state index is 0.0463. The van der Waals surface area contributed by atoms with Crippen molar-refractivity contribution in [2.45, 2.75) is 192 Å². The summed E-state index contributed by atoms with van der Waals surface area (Å²) in [7, 11) is 0. The lowest BCUT2D eigenvalue weighted by atomic mass is 9.98. The number of nitrogens with one attached hydrogen (secondary N) is 2. The van der Waals surface area contributed by atoms with Crippen LogP contribution >= 0.6 is 0 Å². The van der Waals surface area contributed by atoms with E-state index in [4.69, 9.17) is 19.7 Å². The fraction of sp³-hybridized carbons (Fsp3) is 0.468. The summed E-state index contributed by atoms with van der Waals surface area (Å²) in [6, 6.07) is 38.4. The van der Waals surface area contributed by atoms with Crippen LogP contribution in [0, 0.1) is 0 Å². The number of halogens is 9. The second kappa shape index (κ2) is 37.4. The van der Waals surface area contributed by atoms with Crippen LogP contribution in [0.1, 0.15) is 174 Å². The predicted octanol–water partition coefficient (Wildman–Crippen LogP) is 14.9. The van der Waals surface area contributed by atoms with E-state index in [0.29, 0.717) is 81.8 Å². The number of likely N-dealkylation sites (tertiary alicyclic amines) is 2. The molecule has 3 saturated heterocycles. The topological polar surface area (TPSA) is 273 Å². The Labute approximate surface area is 620 Å². The van der Waals surface area contributed by atoms with Crippen molar-refractivity contribution in [1.29, 1.82) is 0 Å². The van der Waals surface area contributed by atoms with Crippen molar-refractivity contribution < 1.29 is 73.9 Å². The third kappa shape index (κ3) is 25.5. The quantitative estimate of drug-likeness (QED) is 0.0753. The Morgan fingerprint density at radius 1 is 0.444 bits per heavy atom. The average Bonchev–Trinajstić information content (AvgIpc) is 1.65. The fourth-order valence-electron chi connectivity index (χ4n) is 12.4. The number of aromatic nitrogens is 12. The number of carbonyl (C=O) groups is 2. The Morgan fingerprint density at radius 2 is 0.833 bits per heavy atom. The summed E-state index contributed by atoms with van der Waals surface area (Å²) < 4.78 is 125. The van der Waals surface area contributed by atoms with Gasteiger partial charge in [0.1, 0.15) is 11.2 Å². The Hall–Kier alpha value is -9.72. The van der Waals surface area contributed by atoms with E-state index in [0.717, 1.165) is 132 Å². The zero-order valence-corrected chi connectivity index (χ0v) is 61.1. The number of rotatable bonds is 11. The number of alkyl halides is 9. The molecular weight excluding hydrogens is 1420 g/mol. The Balaban J connectivity index is 0.000000163. The summed E-state index contributed by atoms with van der Waals surface area (Å²) in [5.74, 6) is 1.45. The number of hydrogen-bond acceptors (Lipinski definition) is 17. The van der Waals surface area contributed by atoms with Crippen molar-refractivity contribution in [1.82, 2.24) is 76.2 Å². The van der Waals surface area contributed by atoms with Gasteiger partial charge in [-0.15, -0.1) is 30.6 Å². The molecule has 0 radical (unpaired) electrons. The van der Waals surface area contributed by atoms with Crippen LogP contribution in [0.25, 0.3) is 34.2 Å². The standard InChI is InChI=1S/C24H26F3N5O2.C20H19F3N4.C15H11F3N4.C9H17NO3.C5H10O.C4H9NO/c1-23(2,3)34-22(33)31-13-12-19(15-31)32-29-21(28-30-32)20-7-5-4-6-17(20)14-16-8-10-18(11-9-16)24(25,26)27;21-20(22,23)16-11-9-14(10-12-16)13-15-5-1-4-8-18(15)19-24-26-27(25-19)17-6-2-3-7-17;16-15(17,18)12-7-5-10(6-8-12)9-11-3-1-2-4-13(11)14-19-21-22-20-14;1-9(2,3)13-8(12)10-5-4-7(11)6-10;6-5-3-1-2-4-5;6-4-1-2-5-3-4/h4-11,19H,12-15H2,1-3H3;1,4-5,8-12,17H,2-3,6-7,13H2;1-8H,9H2,(H,19,20,21,22);7,11H,4-6H2,1-3H3;5-6H,1-4H2;4-6H,1-3H2. The van der Waals surface area contributed by atoms with Crippen LogP contribution < -0.4 is 5.32 Å². The third-order valence-electron chi connectivity index (χ3n) is 18.0. The molecule has 3 atom stereocenters. The van der Waals surface area contributed by atoms with E-state index in [-0.39, 0.29) is 36.5 Å². The van der Waals surface area contributed by atoms with E-state index in [1.165, 1.54) is 71.8 Å². The zero-order chi connectivity index (χ0) is 77.8. The summed E-state index contributed by atoms with van der Waals surface area (Å²) in [6.45, 7) is 14.7. The maximum Gasteiger partial charge on any atom is 0.416 e. The molecule has 3 unspecified atom stereocenters. The molecule has 2 amide bonds. The van der Waals surface area contributed by atoms with Crippen molar-refractivity contribution in [3.63, 3.8) is 0 Å². The number of nitrogens with zero attached hydrogens (tertiary/aromatic N) is 13. The van der Waals surface area contributed by atoms with Gasteiger partial charge in [-0.25, -0.2) is 9.59 Å². The lowest BCUT2D eigenvalue weighted by Crippen LogP contribution is -2.35. The van der Waals surface area contributed by atoms with Crippen LogP contribution in [-0.4, -0.2) is 167 Å². The van der Waals surface area contributed by atoms with E-state index in [1.54, 1.807) is 9.70 Å². The minimum Gasteiger partial charge on any atom is -0.444 e. The molecule has 6 heterocycles. The molecule has 5 fully saturated rings. The van der Waals surface area contributed by atoms with Crippen LogP contribution in [0.5, 0.6) is 0 Å². The molecule has 580 valence electrons. The molecule has 31 heteroatoms. The van der Waals surface area contributed by atoms with Crippen LogP contribution in [0.3, 0.4) is 0 Å². The van der Waals surface area contributed by atoms with E-state index in [9.17, 15) is 54.2 Å². The normalized spacial score (nSPS) is 17.6. The van der Waals surface area contributed by atoms with Crippen molar-refractivity contribution in [2.24, 2.45) is 0 Å². The molecule has 2 saturated carbocycles. The molecule has 108 heavy (non-hydrogen) atoms. The fourth-order valence-corrected chi connectivity index (χ4v) is 12.4. The molecule has 6 aromatic carbocycles. The average molecular weight is 1510 g/mol. The smallest absolute Gasteiger partial charge is 0.416 e. The molecule has 5 aliphatic rings. The summed E-state index contributed by atoms with van der Waals surface area (Å²) in [5.41, 5.74) is 4.53. The molecule has 14 rings (SSSR count). The van der Waals surface area contributed by atoms with Crippen molar-refractivity contribution >= 4 is 12.2 Å². The Bertz CT molecular complexity index is 4230. The van der Waals surface area contributed by atoms with E-state index < -0.39 is 46.4 Å². The van der Waals surface area contributed by atoms with Gasteiger partial charge in [0.15, 0.2) is 0 Å². The van der Waals surface area contributed by atoms with Gasteiger partial charge in [-0.1, -0.05) is 135 Å². The number of β-amino-alcohol motifs (C(OH)–C–C–N with tert-alkyl or cyclic N) is 2. The van der Waals surface area contributed by atoms with Gasteiger partial charge >= 0.3 is 30.7 Å². The number of aromatic amines is 1. The molecule has 0 bridgehead atoms. The first-order valence-corrected chi connectivity index (χ1v) is 36.0. The zero-order valence-electron chi connectivity index (χ0n) is 61.1. The number of carbonyl (C=O) groups excluding carboxylic acids is 2. The molecule has 0 spiro atoms. The summed E-state index contributed by atoms with van der Waals surface area (Å²) in [4.78, 5) is 30.1. The molecule has 3 aromatic heterocycles. The van der Waals surface area contributed by atoms with Gasteiger partial charge in [0, 0.05) is 49.4 Å². The van der Waals surface area contributed by atoms with Crippen molar-refractivity contribution in [3.05, 3.63) is 196 Å². The highest BCUT2D eigenvalue weighted by Gasteiger charge is 2.35. The Kier molecular flexibility index (Phi) is 28.5. The van der Waals surface area contributed by atoms with Gasteiger partial charge in [0.05, 0.1) is 47.1 Å². The minimum atomic E-state index is -4.36. The summed E-state index contributed by atoms with van der Waals surface area (Å²) in [5, 5.41) is 69.3. The van der Waals surface area contributed by atoms with Gasteiger partial charge in [-0.3, -0.25) is 0 Å². The van der Waals surface area contributed by atoms with Crippen LogP contribution in [-0.2, 0) is 47.3 Å². The number of benzene rings is 6. The molecular formula is C77H92F9N15O7. The summed E-state index contributed by atoms with van der Waals surface area (Å²) in [6.07, 6.45) is -1.33. The summed E-state index contributed by atoms with van der Waals surface area (Å²) >= 11 is 0. The SMILES string of the molecule is CC(C)(C)OC(=O)N1CCC(O)C1.CC(C)(C)OC(=O)N1CCC(n2nnc(-c3ccccc3Cc3ccc(C(F)(F)F)cc3)n2)C1.FC(F)(F)c1ccc(Cc2ccccc2-c2nn[nH]n2)cc1.FC(F)(F)c1ccc(Cc2ccccc2-c2nnn(C3CCCC3)n2)cc1.OC1CCCC1.OC1CCNC1. The maximum absolute atomic E-state index is 12.8. The van der Waals surface area contributed by atoms with E-state index >= 15 is 0 Å². The predicted molar refractivity (Wildman–Crippen MR) is 384 cm³/mol. The molecule has 5 N–H and O–H groups in total.